The molecule has 0 aliphatic carbocycles. The van der Waals surface area contributed by atoms with Gasteiger partial charge in [-0.2, -0.15) is 0 Å². The molecule has 3 aromatic rings. The standard InChI is InChI=1S/C20H19Cl2N3O3/c1-12-18(20(27)25(24(12)3)15-7-5-4-6-8-15)23-19(26)13(2)28-17-11-14(21)9-10-16(17)22/h4-11,13H,1-3H3,(H,23,26). The Balaban J connectivity index is 1.84. The molecular formula is C20H19Cl2N3O3. The van der Waals surface area contributed by atoms with Crippen molar-refractivity contribution in [1.29, 1.82) is 0 Å². The molecule has 0 aliphatic rings. The summed E-state index contributed by atoms with van der Waals surface area (Å²) in [6.45, 7) is 3.33. The summed E-state index contributed by atoms with van der Waals surface area (Å²) in [5.41, 5.74) is 1.19. The number of hydrogen-bond donors (Lipinski definition) is 1. The predicted molar refractivity (Wildman–Crippen MR) is 111 cm³/mol. The van der Waals surface area contributed by atoms with Crippen LogP contribution in [0.3, 0.4) is 0 Å². The van der Waals surface area contributed by atoms with E-state index in [1.807, 2.05) is 30.3 Å². The van der Waals surface area contributed by atoms with Crippen molar-refractivity contribution in [3.63, 3.8) is 0 Å². The highest BCUT2D eigenvalue weighted by molar-refractivity contribution is 6.34. The molecule has 0 spiro atoms. The quantitative estimate of drug-likeness (QED) is 0.673. The number of aromatic nitrogens is 2. The van der Waals surface area contributed by atoms with Crippen LogP contribution in [0.4, 0.5) is 5.69 Å². The molecule has 6 nitrogen and oxygen atoms in total. The van der Waals surface area contributed by atoms with Crippen LogP contribution in [0.5, 0.6) is 5.75 Å². The Morgan fingerprint density at radius 3 is 2.50 bits per heavy atom. The van der Waals surface area contributed by atoms with E-state index in [4.69, 9.17) is 27.9 Å². The molecule has 1 N–H and O–H groups in total. The maximum Gasteiger partial charge on any atom is 0.295 e. The first-order valence-corrected chi connectivity index (χ1v) is 9.31. The minimum absolute atomic E-state index is 0.198. The molecular weight excluding hydrogens is 401 g/mol. The van der Waals surface area contributed by atoms with E-state index in [0.29, 0.717) is 27.2 Å². The van der Waals surface area contributed by atoms with E-state index in [9.17, 15) is 9.59 Å². The van der Waals surface area contributed by atoms with Crippen molar-refractivity contribution in [3.05, 3.63) is 74.6 Å². The molecule has 2 aromatic carbocycles. The summed E-state index contributed by atoms with van der Waals surface area (Å²) in [6, 6.07) is 13.9. The largest absolute Gasteiger partial charge is 0.479 e. The third-order valence-corrected chi connectivity index (χ3v) is 4.92. The number of ether oxygens (including phenoxy) is 1. The van der Waals surface area contributed by atoms with E-state index in [1.165, 1.54) is 10.7 Å². The molecule has 0 radical (unpaired) electrons. The molecule has 1 atom stereocenters. The average Bonchev–Trinajstić information content (AvgIpc) is 2.88. The van der Waals surface area contributed by atoms with Gasteiger partial charge in [0.2, 0.25) is 0 Å². The Labute approximate surface area is 172 Å². The number of rotatable bonds is 5. The number of nitrogens with zero attached hydrogens (tertiary/aromatic N) is 2. The van der Waals surface area contributed by atoms with Crippen molar-refractivity contribution in [2.75, 3.05) is 5.32 Å². The van der Waals surface area contributed by atoms with Crippen LogP contribution in [0.1, 0.15) is 12.6 Å². The van der Waals surface area contributed by atoms with E-state index < -0.39 is 12.0 Å². The van der Waals surface area contributed by atoms with Crippen molar-refractivity contribution in [2.24, 2.45) is 7.05 Å². The molecule has 0 aliphatic heterocycles. The second-order valence-electron chi connectivity index (χ2n) is 6.26. The molecule has 0 saturated carbocycles. The van der Waals surface area contributed by atoms with E-state index in [1.54, 1.807) is 37.7 Å². The highest BCUT2D eigenvalue weighted by Gasteiger charge is 2.22. The number of nitrogens with one attached hydrogen (secondary N) is 1. The zero-order valence-corrected chi connectivity index (χ0v) is 17.1. The highest BCUT2D eigenvalue weighted by atomic mass is 35.5. The number of anilines is 1. The third kappa shape index (κ3) is 3.93. The van der Waals surface area contributed by atoms with Crippen molar-refractivity contribution < 1.29 is 9.53 Å². The van der Waals surface area contributed by atoms with Gasteiger partial charge >= 0.3 is 0 Å². The van der Waals surface area contributed by atoms with Crippen LogP contribution >= 0.6 is 23.2 Å². The zero-order chi connectivity index (χ0) is 20.4. The molecule has 146 valence electrons. The Morgan fingerprint density at radius 2 is 1.82 bits per heavy atom. The summed E-state index contributed by atoms with van der Waals surface area (Å²) in [6.07, 6.45) is -0.889. The van der Waals surface area contributed by atoms with Crippen molar-refractivity contribution >= 4 is 34.8 Å². The van der Waals surface area contributed by atoms with Gasteiger partial charge in [-0.15, -0.1) is 0 Å². The topological polar surface area (TPSA) is 65.3 Å². The smallest absolute Gasteiger partial charge is 0.295 e. The molecule has 28 heavy (non-hydrogen) atoms. The van der Waals surface area contributed by atoms with Gasteiger partial charge in [-0.1, -0.05) is 41.4 Å². The maximum absolute atomic E-state index is 12.9. The minimum atomic E-state index is -0.889. The van der Waals surface area contributed by atoms with Crippen LogP contribution in [0, 0.1) is 6.92 Å². The van der Waals surface area contributed by atoms with Crippen LogP contribution in [0.25, 0.3) is 5.69 Å². The first-order chi connectivity index (χ1) is 13.3. The number of carbonyl (C=O) groups excluding carboxylic acids is 1. The first kappa shape index (κ1) is 20.0. The van der Waals surface area contributed by atoms with E-state index in [0.717, 1.165) is 0 Å². The summed E-state index contributed by atoms with van der Waals surface area (Å²) in [5.74, 6) is -0.176. The van der Waals surface area contributed by atoms with Gasteiger partial charge in [0.15, 0.2) is 6.10 Å². The number of hydrogen-bond acceptors (Lipinski definition) is 3. The SMILES string of the molecule is Cc1c(NC(=O)C(C)Oc2cc(Cl)ccc2Cl)c(=O)n(-c2ccccc2)n1C. The lowest BCUT2D eigenvalue weighted by atomic mass is 10.3. The molecule has 8 heteroatoms. The predicted octanol–water partition coefficient (Wildman–Crippen LogP) is 4.20. The van der Waals surface area contributed by atoms with Gasteiger partial charge in [-0.3, -0.25) is 14.3 Å². The fraction of sp³-hybridized carbons (Fsp3) is 0.200. The van der Waals surface area contributed by atoms with Crippen molar-refractivity contribution in [1.82, 2.24) is 9.36 Å². The number of para-hydroxylation sites is 1. The Bertz CT molecular complexity index is 1070. The maximum atomic E-state index is 12.9. The summed E-state index contributed by atoms with van der Waals surface area (Å²) < 4.78 is 8.79. The Hall–Kier alpha value is -2.70. The fourth-order valence-electron chi connectivity index (χ4n) is 2.75. The lowest BCUT2D eigenvalue weighted by Crippen LogP contribution is -2.32. The van der Waals surface area contributed by atoms with E-state index >= 15 is 0 Å². The summed E-state index contributed by atoms with van der Waals surface area (Å²) in [4.78, 5) is 25.5. The number of amides is 1. The second kappa shape index (κ2) is 8.12. The molecule has 1 aromatic heterocycles. The van der Waals surface area contributed by atoms with Gasteiger partial charge in [0.1, 0.15) is 11.4 Å². The number of halogens is 2. The van der Waals surface area contributed by atoms with Crippen LogP contribution in [-0.2, 0) is 11.8 Å². The van der Waals surface area contributed by atoms with Crippen LogP contribution in [0.15, 0.2) is 53.3 Å². The van der Waals surface area contributed by atoms with Gasteiger partial charge in [-0.25, -0.2) is 4.68 Å². The number of carbonyl (C=O) groups is 1. The normalized spacial score (nSPS) is 11.9. The van der Waals surface area contributed by atoms with Gasteiger partial charge < -0.3 is 10.1 Å². The fourth-order valence-corrected chi connectivity index (χ4v) is 3.07. The Kier molecular flexibility index (Phi) is 5.82. The van der Waals surface area contributed by atoms with Gasteiger partial charge in [-0.05, 0) is 38.1 Å². The minimum Gasteiger partial charge on any atom is -0.479 e. The molecule has 1 unspecified atom stereocenters. The van der Waals surface area contributed by atoms with Crippen molar-refractivity contribution in [2.45, 2.75) is 20.0 Å². The molecule has 0 fully saturated rings. The molecule has 3 rings (SSSR count). The van der Waals surface area contributed by atoms with Gasteiger partial charge in [0.25, 0.3) is 11.5 Å². The van der Waals surface area contributed by atoms with E-state index in [2.05, 4.69) is 5.32 Å². The molecule has 0 saturated heterocycles. The average molecular weight is 420 g/mol. The first-order valence-electron chi connectivity index (χ1n) is 8.56. The zero-order valence-electron chi connectivity index (χ0n) is 15.6. The molecule has 0 bridgehead atoms. The summed E-state index contributed by atoms with van der Waals surface area (Å²) in [5, 5.41) is 3.45. The van der Waals surface area contributed by atoms with Crippen LogP contribution < -0.4 is 15.6 Å². The lowest BCUT2D eigenvalue weighted by molar-refractivity contribution is -0.122. The lowest BCUT2D eigenvalue weighted by Gasteiger charge is -2.15. The third-order valence-electron chi connectivity index (χ3n) is 4.37. The highest BCUT2D eigenvalue weighted by Crippen LogP contribution is 2.28. The Morgan fingerprint density at radius 1 is 1.14 bits per heavy atom. The molecule has 1 heterocycles. The van der Waals surface area contributed by atoms with Crippen molar-refractivity contribution in [3.8, 4) is 11.4 Å². The van der Waals surface area contributed by atoms with E-state index in [-0.39, 0.29) is 11.2 Å². The summed E-state index contributed by atoms with van der Waals surface area (Å²) >= 11 is 12.0. The van der Waals surface area contributed by atoms with Crippen LogP contribution in [0.2, 0.25) is 10.0 Å². The van der Waals surface area contributed by atoms with Gasteiger partial charge in [0, 0.05) is 18.1 Å². The summed E-state index contributed by atoms with van der Waals surface area (Å²) in [7, 11) is 1.76. The molecule has 1 amide bonds. The van der Waals surface area contributed by atoms with Gasteiger partial charge in [0.05, 0.1) is 16.4 Å². The van der Waals surface area contributed by atoms with Crippen LogP contribution in [-0.4, -0.2) is 21.4 Å². The monoisotopic (exact) mass is 419 g/mol. The second-order valence-corrected chi connectivity index (χ2v) is 7.10. The number of benzene rings is 2.